The highest BCUT2D eigenvalue weighted by Crippen LogP contribution is 2.31. The molecule has 4 aromatic heterocycles. The summed E-state index contributed by atoms with van der Waals surface area (Å²) in [6.45, 7) is 8.10. The fraction of sp³-hybridized carbons (Fsp3) is 0.152. The molecule has 0 spiro atoms. The molecule has 43 heavy (non-hydrogen) atoms. The van der Waals surface area contributed by atoms with Crippen LogP contribution in [0, 0.1) is 5.95 Å². The Morgan fingerprint density at radius 3 is 2.72 bits per heavy atom. The lowest BCUT2D eigenvalue weighted by Crippen LogP contribution is -2.10. The predicted octanol–water partition coefficient (Wildman–Crippen LogP) is 6.70. The average Bonchev–Trinajstić information content (AvgIpc) is 3.45. The van der Waals surface area contributed by atoms with Crippen molar-refractivity contribution in [1.82, 2.24) is 29.5 Å². The van der Waals surface area contributed by atoms with E-state index in [-0.39, 0.29) is 17.7 Å². The number of halogens is 1. The Hall–Kier alpha value is -5.51. The van der Waals surface area contributed by atoms with Crippen LogP contribution in [0.1, 0.15) is 36.5 Å². The molecule has 1 N–H and O–H groups in total. The topological polar surface area (TPSA) is 107 Å². The molecule has 0 unspecified atom stereocenters. The lowest BCUT2D eigenvalue weighted by molar-refractivity contribution is -0.114. The number of allylic oxidation sites excluding steroid dienone is 1. The number of ether oxygens (including phenoxy) is 1. The quantitative estimate of drug-likeness (QED) is 0.143. The van der Waals surface area contributed by atoms with E-state index in [1.54, 1.807) is 16.9 Å². The summed E-state index contributed by atoms with van der Waals surface area (Å²) in [7, 11) is 0. The molecular formula is C33H28FN7O2. The molecule has 0 radical (unpaired) electrons. The Labute approximate surface area is 247 Å². The normalized spacial score (nSPS) is 11.3. The molecule has 0 aliphatic carbocycles. The summed E-state index contributed by atoms with van der Waals surface area (Å²) < 4.78 is 20.8. The first-order chi connectivity index (χ1) is 20.9. The highest BCUT2D eigenvalue weighted by Gasteiger charge is 2.18. The minimum absolute atomic E-state index is 0.0236. The zero-order chi connectivity index (χ0) is 29.9. The van der Waals surface area contributed by atoms with Gasteiger partial charge in [0, 0.05) is 35.7 Å². The smallest absolute Gasteiger partial charge is 0.327 e. The molecule has 0 fully saturated rings. The lowest BCUT2D eigenvalue weighted by Gasteiger charge is -2.14. The molecule has 0 amide bonds. The van der Waals surface area contributed by atoms with Crippen LogP contribution in [0.3, 0.4) is 0 Å². The highest BCUT2D eigenvalue weighted by molar-refractivity contribution is 5.97. The van der Waals surface area contributed by atoms with Gasteiger partial charge in [0.2, 0.25) is 11.9 Å². The number of hydrogen-bond acceptors (Lipinski definition) is 8. The van der Waals surface area contributed by atoms with E-state index < -0.39 is 5.95 Å². The minimum atomic E-state index is -0.605. The van der Waals surface area contributed by atoms with Gasteiger partial charge in [0.05, 0.1) is 18.1 Å². The van der Waals surface area contributed by atoms with Crippen LogP contribution in [0.15, 0.2) is 91.9 Å². The summed E-state index contributed by atoms with van der Waals surface area (Å²) in [6, 6.07) is 18.7. The van der Waals surface area contributed by atoms with Crippen LogP contribution in [0.25, 0.3) is 27.7 Å². The third-order valence-corrected chi connectivity index (χ3v) is 7.05. The molecule has 0 aliphatic heterocycles. The maximum atomic E-state index is 13.3. The lowest BCUT2D eigenvalue weighted by atomic mass is 9.97. The number of fused-ring (bicyclic) bond motifs is 2. The second-order valence-corrected chi connectivity index (χ2v) is 10.3. The zero-order valence-corrected chi connectivity index (χ0v) is 23.7. The summed E-state index contributed by atoms with van der Waals surface area (Å²) in [5.74, 6) is 0.274. The van der Waals surface area contributed by atoms with Crippen molar-refractivity contribution in [3.8, 4) is 23.0 Å². The number of ketones is 1. The SMILES string of the molecule is C=CC(=O)Cc1ccc2c(-c3ccccc3CNc3nc(Oc4ccc(F)nc4)nc4c(C(C)C)cnn34)nccc2c1. The van der Waals surface area contributed by atoms with Gasteiger partial charge in [-0.2, -0.15) is 24.0 Å². The van der Waals surface area contributed by atoms with Crippen LogP contribution in [-0.2, 0) is 17.8 Å². The maximum absolute atomic E-state index is 13.3. The van der Waals surface area contributed by atoms with Crippen molar-refractivity contribution in [2.45, 2.75) is 32.7 Å². The summed E-state index contributed by atoms with van der Waals surface area (Å²) in [6.07, 6.45) is 6.48. The van der Waals surface area contributed by atoms with Gasteiger partial charge in [0.1, 0.15) is 5.75 Å². The van der Waals surface area contributed by atoms with Gasteiger partial charge in [-0.05, 0) is 46.7 Å². The third kappa shape index (κ3) is 5.80. The number of nitrogens with zero attached hydrogens (tertiary/aromatic N) is 6. The fourth-order valence-electron chi connectivity index (χ4n) is 4.88. The fourth-order valence-corrected chi connectivity index (χ4v) is 4.88. The van der Waals surface area contributed by atoms with Crippen molar-refractivity contribution in [1.29, 1.82) is 0 Å². The van der Waals surface area contributed by atoms with Crippen molar-refractivity contribution in [3.05, 3.63) is 115 Å². The van der Waals surface area contributed by atoms with Gasteiger partial charge in [-0.1, -0.05) is 62.9 Å². The number of nitrogens with one attached hydrogen (secondary N) is 1. The second-order valence-electron chi connectivity index (χ2n) is 10.3. The van der Waals surface area contributed by atoms with Crippen molar-refractivity contribution in [3.63, 3.8) is 0 Å². The summed E-state index contributed by atoms with van der Waals surface area (Å²) >= 11 is 0. The number of hydrogen-bond donors (Lipinski definition) is 1. The molecule has 2 aromatic carbocycles. The van der Waals surface area contributed by atoms with Crippen molar-refractivity contribution >= 4 is 28.2 Å². The van der Waals surface area contributed by atoms with E-state index >= 15 is 0 Å². The van der Waals surface area contributed by atoms with E-state index in [0.717, 1.165) is 38.7 Å². The van der Waals surface area contributed by atoms with E-state index in [1.165, 1.54) is 24.4 Å². The number of rotatable bonds is 10. The van der Waals surface area contributed by atoms with E-state index in [2.05, 4.69) is 45.8 Å². The van der Waals surface area contributed by atoms with Crippen molar-refractivity contribution < 1.29 is 13.9 Å². The van der Waals surface area contributed by atoms with Gasteiger partial charge in [-0.25, -0.2) is 4.98 Å². The van der Waals surface area contributed by atoms with Gasteiger partial charge in [0.25, 0.3) is 0 Å². The number of pyridine rings is 2. The molecule has 4 heterocycles. The number of anilines is 1. The maximum Gasteiger partial charge on any atom is 0.327 e. The first-order valence-electron chi connectivity index (χ1n) is 13.8. The van der Waals surface area contributed by atoms with E-state index in [9.17, 15) is 9.18 Å². The molecule has 214 valence electrons. The Morgan fingerprint density at radius 1 is 1.07 bits per heavy atom. The van der Waals surface area contributed by atoms with Crippen LogP contribution >= 0.6 is 0 Å². The number of benzene rings is 2. The van der Waals surface area contributed by atoms with Crippen LogP contribution in [0.2, 0.25) is 0 Å². The number of carbonyl (C=O) groups excluding carboxylic acids is 1. The molecule has 0 saturated heterocycles. The summed E-state index contributed by atoms with van der Waals surface area (Å²) in [5.41, 5.74) is 5.24. The average molecular weight is 574 g/mol. The standard InChI is InChI=1S/C33H28FN7O2/c1-4-24(42)16-21-9-11-27-22(15-21)13-14-35-30(27)26-8-6-5-7-23(26)17-37-32-40-33(43-25-10-12-29(34)36-18-25)39-31-28(20(2)3)19-38-41(31)32/h4-15,18-20H,1,16-17H2,2-3H3,(H,37,39,40). The highest BCUT2D eigenvalue weighted by atomic mass is 19.1. The monoisotopic (exact) mass is 573 g/mol. The van der Waals surface area contributed by atoms with E-state index in [4.69, 9.17) is 9.72 Å². The van der Waals surface area contributed by atoms with Crippen LogP contribution < -0.4 is 10.1 Å². The summed E-state index contributed by atoms with van der Waals surface area (Å²) in [4.78, 5) is 29.5. The van der Waals surface area contributed by atoms with E-state index in [1.807, 2.05) is 48.5 Å². The molecule has 0 atom stereocenters. The Balaban J connectivity index is 1.34. The first-order valence-corrected chi connectivity index (χ1v) is 13.8. The number of aromatic nitrogens is 6. The largest absolute Gasteiger partial charge is 0.423 e. The van der Waals surface area contributed by atoms with Crippen molar-refractivity contribution in [2.75, 3.05) is 5.32 Å². The molecule has 0 saturated carbocycles. The molecule has 6 rings (SSSR count). The van der Waals surface area contributed by atoms with Gasteiger partial charge < -0.3 is 10.1 Å². The van der Waals surface area contributed by atoms with Gasteiger partial charge >= 0.3 is 6.01 Å². The molecular weight excluding hydrogens is 545 g/mol. The second kappa shape index (κ2) is 11.8. The minimum Gasteiger partial charge on any atom is -0.423 e. The Morgan fingerprint density at radius 2 is 1.93 bits per heavy atom. The zero-order valence-electron chi connectivity index (χ0n) is 23.7. The third-order valence-electron chi connectivity index (χ3n) is 7.05. The van der Waals surface area contributed by atoms with Crippen molar-refractivity contribution in [2.24, 2.45) is 0 Å². The number of carbonyl (C=O) groups is 1. The Kier molecular flexibility index (Phi) is 7.57. The van der Waals surface area contributed by atoms with Gasteiger partial charge in [-0.15, -0.1) is 0 Å². The van der Waals surface area contributed by atoms with Crippen LogP contribution in [0.4, 0.5) is 10.3 Å². The van der Waals surface area contributed by atoms with Crippen LogP contribution in [-0.4, -0.2) is 35.3 Å². The molecule has 0 aliphatic rings. The van der Waals surface area contributed by atoms with E-state index in [0.29, 0.717) is 30.3 Å². The van der Waals surface area contributed by atoms with Gasteiger partial charge in [0.15, 0.2) is 11.4 Å². The van der Waals surface area contributed by atoms with Crippen LogP contribution in [0.5, 0.6) is 11.8 Å². The molecule has 9 nitrogen and oxygen atoms in total. The molecule has 0 bridgehead atoms. The van der Waals surface area contributed by atoms with Gasteiger partial charge in [-0.3, -0.25) is 9.78 Å². The summed E-state index contributed by atoms with van der Waals surface area (Å²) in [5, 5.41) is 9.92. The Bertz CT molecular complexity index is 1970. The molecule has 6 aromatic rings. The predicted molar refractivity (Wildman–Crippen MR) is 163 cm³/mol. The first kappa shape index (κ1) is 27.6. The molecule has 10 heteroatoms.